The van der Waals surface area contributed by atoms with Gasteiger partial charge in [0.1, 0.15) is 0 Å². The molecule has 0 saturated carbocycles. The molecule has 1 aromatic heterocycles. The Morgan fingerprint density at radius 3 is 2.71 bits per heavy atom. The molecule has 7 nitrogen and oxygen atoms in total. The molecule has 9 heteroatoms. The predicted molar refractivity (Wildman–Crippen MR) is 81.2 cm³/mol. The number of sulfonamides is 1. The number of nitrogens with zero attached hydrogens (tertiary/aromatic N) is 2. The SMILES string of the molecule is Cc1noc(CCNS(=O)(=O)c2cc(Br)cc(N)c2C)n1. The lowest BCUT2D eigenvalue weighted by Crippen LogP contribution is -2.27. The van der Waals surface area contributed by atoms with Crippen LogP contribution in [-0.2, 0) is 16.4 Å². The van der Waals surface area contributed by atoms with Gasteiger partial charge >= 0.3 is 0 Å². The third-order valence-corrected chi connectivity index (χ3v) is 4.90. The summed E-state index contributed by atoms with van der Waals surface area (Å²) < 4.78 is 32.6. The van der Waals surface area contributed by atoms with E-state index in [4.69, 9.17) is 10.3 Å². The van der Waals surface area contributed by atoms with Crippen LogP contribution in [0, 0.1) is 13.8 Å². The van der Waals surface area contributed by atoms with E-state index in [0.717, 1.165) is 0 Å². The summed E-state index contributed by atoms with van der Waals surface area (Å²) in [5.74, 6) is 0.907. The average molecular weight is 375 g/mol. The van der Waals surface area contributed by atoms with Gasteiger partial charge in [-0.15, -0.1) is 0 Å². The molecule has 2 aromatic rings. The van der Waals surface area contributed by atoms with E-state index in [1.807, 2.05) is 0 Å². The number of hydrogen-bond acceptors (Lipinski definition) is 6. The molecule has 0 saturated heterocycles. The van der Waals surface area contributed by atoms with Gasteiger partial charge in [-0.2, -0.15) is 4.98 Å². The third-order valence-electron chi connectivity index (χ3n) is 2.86. The van der Waals surface area contributed by atoms with Gasteiger partial charge in [0.2, 0.25) is 15.9 Å². The summed E-state index contributed by atoms with van der Waals surface area (Å²) in [5, 5.41) is 3.64. The van der Waals surface area contributed by atoms with Crippen LogP contribution in [0.25, 0.3) is 0 Å². The number of hydrogen-bond donors (Lipinski definition) is 2. The summed E-state index contributed by atoms with van der Waals surface area (Å²) in [7, 11) is -3.65. The molecule has 0 radical (unpaired) electrons. The molecule has 1 heterocycles. The van der Waals surface area contributed by atoms with Crippen molar-refractivity contribution in [2.45, 2.75) is 25.2 Å². The first-order valence-corrected chi connectivity index (χ1v) is 8.41. The first kappa shape index (κ1) is 15.9. The Morgan fingerprint density at radius 1 is 1.38 bits per heavy atom. The highest BCUT2D eigenvalue weighted by atomic mass is 79.9. The van der Waals surface area contributed by atoms with Crippen molar-refractivity contribution < 1.29 is 12.9 Å². The van der Waals surface area contributed by atoms with Crippen LogP contribution in [0.15, 0.2) is 26.0 Å². The second-order valence-corrected chi connectivity index (χ2v) is 7.15. The van der Waals surface area contributed by atoms with Crippen LogP contribution in [0.3, 0.4) is 0 Å². The Bertz CT molecular complexity index is 758. The van der Waals surface area contributed by atoms with Crippen LogP contribution in [0.2, 0.25) is 0 Å². The maximum Gasteiger partial charge on any atom is 0.240 e. The molecule has 3 N–H and O–H groups in total. The maximum absolute atomic E-state index is 12.3. The quantitative estimate of drug-likeness (QED) is 0.767. The Kier molecular flexibility index (Phi) is 4.64. The molecule has 0 amide bonds. The standard InChI is InChI=1S/C12H15BrN4O3S/c1-7-10(14)5-9(13)6-11(7)21(18,19)15-4-3-12-16-8(2)17-20-12/h5-6,15H,3-4,14H2,1-2H3. The van der Waals surface area contributed by atoms with Gasteiger partial charge in [0, 0.05) is 23.1 Å². The van der Waals surface area contributed by atoms with Crippen LogP contribution < -0.4 is 10.5 Å². The molecule has 114 valence electrons. The van der Waals surface area contributed by atoms with E-state index in [1.54, 1.807) is 19.9 Å². The van der Waals surface area contributed by atoms with E-state index in [-0.39, 0.29) is 11.4 Å². The molecular formula is C12H15BrN4O3S. The number of rotatable bonds is 5. The van der Waals surface area contributed by atoms with Crippen molar-refractivity contribution in [3.8, 4) is 0 Å². The second-order valence-electron chi connectivity index (χ2n) is 4.50. The third kappa shape index (κ3) is 3.80. The van der Waals surface area contributed by atoms with Gasteiger partial charge in [0.05, 0.1) is 4.90 Å². The van der Waals surface area contributed by atoms with Gasteiger partial charge in [-0.1, -0.05) is 21.1 Å². The normalized spacial score (nSPS) is 11.8. The smallest absolute Gasteiger partial charge is 0.240 e. The van der Waals surface area contributed by atoms with Crippen LogP contribution in [-0.4, -0.2) is 25.1 Å². The van der Waals surface area contributed by atoms with E-state index < -0.39 is 10.0 Å². The van der Waals surface area contributed by atoms with Crippen LogP contribution >= 0.6 is 15.9 Å². The summed E-state index contributed by atoms with van der Waals surface area (Å²) >= 11 is 3.24. The van der Waals surface area contributed by atoms with Crippen molar-refractivity contribution in [3.05, 3.63) is 33.9 Å². The maximum atomic E-state index is 12.3. The number of halogens is 1. The molecule has 21 heavy (non-hydrogen) atoms. The van der Waals surface area contributed by atoms with E-state index in [9.17, 15) is 8.42 Å². The molecule has 0 spiro atoms. The Morgan fingerprint density at radius 2 is 2.10 bits per heavy atom. The number of aromatic nitrogens is 2. The molecular weight excluding hydrogens is 360 g/mol. The van der Waals surface area contributed by atoms with Gasteiger partial charge in [-0.05, 0) is 31.5 Å². The summed E-state index contributed by atoms with van der Waals surface area (Å²) in [6.45, 7) is 3.53. The van der Waals surface area contributed by atoms with Crippen molar-refractivity contribution in [1.29, 1.82) is 0 Å². The van der Waals surface area contributed by atoms with Crippen LogP contribution in [0.4, 0.5) is 5.69 Å². The largest absolute Gasteiger partial charge is 0.398 e. The highest BCUT2D eigenvalue weighted by molar-refractivity contribution is 9.10. The van der Waals surface area contributed by atoms with Gasteiger partial charge < -0.3 is 10.3 Å². The van der Waals surface area contributed by atoms with Gasteiger partial charge in [0.25, 0.3) is 0 Å². The fourth-order valence-electron chi connectivity index (χ4n) is 1.77. The summed E-state index contributed by atoms with van der Waals surface area (Å²) in [6.07, 6.45) is 0.322. The number of anilines is 1. The molecule has 0 aliphatic carbocycles. The molecule has 0 aliphatic rings. The lowest BCUT2D eigenvalue weighted by Gasteiger charge is -2.11. The average Bonchev–Trinajstić information content (AvgIpc) is 2.79. The van der Waals surface area contributed by atoms with Gasteiger partial charge in [-0.25, -0.2) is 13.1 Å². The van der Waals surface area contributed by atoms with E-state index >= 15 is 0 Å². The van der Waals surface area contributed by atoms with Crippen molar-refractivity contribution in [2.24, 2.45) is 0 Å². The summed E-state index contributed by atoms with van der Waals surface area (Å²) in [4.78, 5) is 4.16. The van der Waals surface area contributed by atoms with Gasteiger partial charge in [0.15, 0.2) is 5.82 Å². The molecule has 0 fully saturated rings. The number of benzene rings is 1. The lowest BCUT2D eigenvalue weighted by molar-refractivity contribution is 0.375. The predicted octanol–water partition coefficient (Wildman–Crippen LogP) is 1.55. The van der Waals surface area contributed by atoms with E-state index in [0.29, 0.717) is 33.9 Å². The highest BCUT2D eigenvalue weighted by Gasteiger charge is 2.19. The van der Waals surface area contributed by atoms with Gasteiger partial charge in [-0.3, -0.25) is 0 Å². The molecule has 0 unspecified atom stereocenters. The highest BCUT2D eigenvalue weighted by Crippen LogP contribution is 2.26. The fraction of sp³-hybridized carbons (Fsp3) is 0.333. The first-order chi connectivity index (χ1) is 9.79. The van der Waals surface area contributed by atoms with E-state index in [2.05, 4.69) is 30.8 Å². The Balaban J connectivity index is 2.12. The first-order valence-electron chi connectivity index (χ1n) is 6.14. The molecule has 2 rings (SSSR count). The van der Waals surface area contributed by atoms with Crippen LogP contribution in [0.5, 0.6) is 0 Å². The Labute approximate surface area is 131 Å². The zero-order chi connectivity index (χ0) is 15.6. The van der Waals surface area contributed by atoms with Crippen molar-refractivity contribution in [1.82, 2.24) is 14.9 Å². The van der Waals surface area contributed by atoms with Crippen molar-refractivity contribution >= 4 is 31.6 Å². The Hall–Kier alpha value is -1.45. The topological polar surface area (TPSA) is 111 Å². The fourth-order valence-corrected chi connectivity index (χ4v) is 3.72. The lowest BCUT2D eigenvalue weighted by atomic mass is 10.2. The minimum absolute atomic E-state index is 0.149. The number of aryl methyl sites for hydroxylation is 1. The summed E-state index contributed by atoms with van der Waals surface area (Å²) in [6, 6.07) is 3.18. The summed E-state index contributed by atoms with van der Waals surface area (Å²) in [5.41, 5.74) is 6.71. The molecule has 0 bridgehead atoms. The van der Waals surface area contributed by atoms with Crippen molar-refractivity contribution in [2.75, 3.05) is 12.3 Å². The van der Waals surface area contributed by atoms with Crippen molar-refractivity contribution in [3.63, 3.8) is 0 Å². The van der Waals surface area contributed by atoms with Crippen LogP contribution in [0.1, 0.15) is 17.3 Å². The second kappa shape index (κ2) is 6.12. The minimum atomic E-state index is -3.65. The molecule has 1 aromatic carbocycles. The minimum Gasteiger partial charge on any atom is -0.398 e. The number of nitrogen functional groups attached to an aromatic ring is 1. The number of nitrogens with one attached hydrogen (secondary N) is 1. The zero-order valence-electron chi connectivity index (χ0n) is 11.6. The molecule has 0 aliphatic heterocycles. The molecule has 0 atom stereocenters. The van der Waals surface area contributed by atoms with E-state index in [1.165, 1.54) is 6.07 Å². The monoisotopic (exact) mass is 374 g/mol. The zero-order valence-corrected chi connectivity index (χ0v) is 14.0. The number of nitrogens with two attached hydrogens (primary N) is 1.